The molecule has 0 heterocycles. The van der Waals surface area contributed by atoms with Gasteiger partial charge in [-0.1, -0.05) is 12.1 Å². The highest BCUT2D eigenvalue weighted by Gasteiger charge is 2.87. The van der Waals surface area contributed by atoms with Crippen LogP contribution in [-0.4, -0.2) is 52.3 Å². The Morgan fingerprint density at radius 3 is 2.12 bits per heavy atom. The maximum atomic E-state index is 12.5. The van der Waals surface area contributed by atoms with Crippen molar-refractivity contribution in [2.45, 2.75) is 31.1 Å². The summed E-state index contributed by atoms with van der Waals surface area (Å²) in [6, 6.07) is 23.1. The van der Waals surface area contributed by atoms with Gasteiger partial charge in [-0.3, -0.25) is 0 Å². The Morgan fingerprint density at radius 2 is 1.55 bits per heavy atom. The molecule has 0 aliphatic heterocycles. The van der Waals surface area contributed by atoms with Crippen LogP contribution in [0.2, 0.25) is 0 Å². The minimum atomic E-state index is -0.403. The monoisotopic (exact) mass is 537 g/mol. The summed E-state index contributed by atoms with van der Waals surface area (Å²) in [5, 5.41) is 3.38. The van der Waals surface area contributed by atoms with Crippen molar-refractivity contribution in [2.75, 3.05) is 51.6 Å². The van der Waals surface area contributed by atoms with Crippen LogP contribution in [0.4, 0.5) is 22.7 Å². The number of anilines is 4. The number of benzene rings is 3. The lowest BCUT2D eigenvalue weighted by atomic mass is 9.12. The Hall–Kier alpha value is -3.51. The van der Waals surface area contributed by atoms with Crippen molar-refractivity contribution in [1.29, 1.82) is 0 Å². The Morgan fingerprint density at radius 1 is 0.900 bits per heavy atom. The smallest absolute Gasteiger partial charge is 0.340 e. The van der Waals surface area contributed by atoms with Gasteiger partial charge < -0.3 is 24.6 Å². The van der Waals surface area contributed by atoms with Crippen molar-refractivity contribution in [3.05, 3.63) is 77.9 Å². The molecule has 6 heteroatoms. The molecule has 0 amide bonds. The molecule has 4 aliphatic rings. The average Bonchev–Trinajstić information content (AvgIpc) is 2.92. The Bertz CT molecular complexity index is 1410. The minimum Gasteiger partial charge on any atom is -0.492 e. The summed E-state index contributed by atoms with van der Waals surface area (Å²) in [5.74, 6) is 3.33. The molecule has 4 fully saturated rings. The molecule has 6 nitrogen and oxygen atoms in total. The lowest BCUT2D eigenvalue weighted by Gasteiger charge is -2.91. The van der Waals surface area contributed by atoms with Gasteiger partial charge in [0.25, 0.3) is 0 Å². The van der Waals surface area contributed by atoms with E-state index >= 15 is 0 Å². The predicted octanol–water partition coefficient (Wildman–Crippen LogP) is 6.61. The molecule has 7 rings (SSSR count). The third-order valence-electron chi connectivity index (χ3n) is 10.7. The maximum Gasteiger partial charge on any atom is 0.340 e. The molecule has 0 radical (unpaired) electrons. The number of hydrogen-bond acceptors (Lipinski definition) is 6. The largest absolute Gasteiger partial charge is 0.492 e. The summed E-state index contributed by atoms with van der Waals surface area (Å²) in [7, 11) is 7.51. The van der Waals surface area contributed by atoms with Gasteiger partial charge in [0.15, 0.2) is 0 Å². The van der Waals surface area contributed by atoms with E-state index in [4.69, 9.17) is 9.47 Å². The number of carbonyl (C=O) groups is 1. The normalized spacial score (nSPS) is 28.6. The van der Waals surface area contributed by atoms with Gasteiger partial charge in [-0.2, -0.15) is 0 Å². The fraction of sp³-hybridized carbons (Fsp3) is 0.441. The van der Waals surface area contributed by atoms with Crippen LogP contribution in [0.3, 0.4) is 0 Å². The van der Waals surface area contributed by atoms with Gasteiger partial charge >= 0.3 is 5.97 Å². The van der Waals surface area contributed by atoms with Crippen LogP contribution in [0.25, 0.3) is 0 Å². The summed E-state index contributed by atoms with van der Waals surface area (Å²) >= 11 is 0. The van der Waals surface area contributed by atoms with Crippen molar-refractivity contribution < 1.29 is 14.3 Å². The SMILES string of the molecule is COC(=O)c1cc(OCCN(C)C)ccc1Nc1ccc(N(C)c2ccc(C34CC5CC6CC(C3)C654)cc2)cc1. The van der Waals surface area contributed by atoms with E-state index in [1.54, 1.807) is 11.6 Å². The zero-order chi connectivity index (χ0) is 27.6. The van der Waals surface area contributed by atoms with Crippen LogP contribution in [0.1, 0.15) is 41.6 Å². The summed E-state index contributed by atoms with van der Waals surface area (Å²) in [6.07, 6.45) is 5.86. The molecule has 2 unspecified atom stereocenters. The van der Waals surface area contributed by atoms with Crippen LogP contribution in [0.5, 0.6) is 5.75 Å². The number of methoxy groups -OCH3 is 1. The zero-order valence-corrected chi connectivity index (χ0v) is 23.9. The van der Waals surface area contributed by atoms with E-state index in [-0.39, 0.29) is 0 Å². The first-order valence-electron chi connectivity index (χ1n) is 14.6. The van der Waals surface area contributed by atoms with Crippen molar-refractivity contribution in [2.24, 2.45) is 23.2 Å². The van der Waals surface area contributed by atoms with Crippen LogP contribution in [0, 0.1) is 23.2 Å². The van der Waals surface area contributed by atoms with Gasteiger partial charge in [0, 0.05) is 36.1 Å². The average molecular weight is 538 g/mol. The summed E-state index contributed by atoms with van der Waals surface area (Å²) in [5.41, 5.74) is 7.13. The zero-order valence-electron chi connectivity index (χ0n) is 23.9. The molecule has 1 spiro atoms. The second kappa shape index (κ2) is 9.27. The van der Waals surface area contributed by atoms with Crippen LogP contribution >= 0.6 is 0 Å². The predicted molar refractivity (Wildman–Crippen MR) is 159 cm³/mol. The molecule has 1 N–H and O–H groups in total. The number of likely N-dealkylation sites (N-methyl/N-ethyl adjacent to an activating group) is 1. The highest BCUT2D eigenvalue weighted by Crippen LogP contribution is 2.92. The third kappa shape index (κ3) is 3.54. The van der Waals surface area contributed by atoms with E-state index in [0.29, 0.717) is 29.0 Å². The fourth-order valence-corrected chi connectivity index (χ4v) is 8.84. The molecule has 0 bridgehead atoms. The number of ether oxygens (including phenoxy) is 2. The number of nitrogens with zero attached hydrogens (tertiary/aromatic N) is 2. The second-order valence-corrected chi connectivity index (χ2v) is 12.6. The van der Waals surface area contributed by atoms with Gasteiger partial charge in [0.05, 0.1) is 18.4 Å². The summed E-state index contributed by atoms with van der Waals surface area (Å²) in [6.45, 7) is 1.34. The maximum absolute atomic E-state index is 12.5. The lowest BCUT2D eigenvalue weighted by molar-refractivity contribution is -0.395. The van der Waals surface area contributed by atoms with E-state index in [1.165, 1.54) is 38.5 Å². The minimum absolute atomic E-state index is 0.403. The van der Waals surface area contributed by atoms with Gasteiger partial charge in [-0.25, -0.2) is 4.79 Å². The van der Waals surface area contributed by atoms with Crippen molar-refractivity contribution >= 4 is 28.7 Å². The fourth-order valence-electron chi connectivity index (χ4n) is 8.84. The molecule has 208 valence electrons. The number of hydrogen-bond donors (Lipinski definition) is 1. The molecular formula is C34H39N3O3. The van der Waals surface area contributed by atoms with Crippen LogP contribution in [0.15, 0.2) is 66.7 Å². The van der Waals surface area contributed by atoms with Gasteiger partial charge in [0.1, 0.15) is 12.4 Å². The highest BCUT2D eigenvalue weighted by atomic mass is 16.5. The van der Waals surface area contributed by atoms with Gasteiger partial charge in [0.2, 0.25) is 0 Å². The topological polar surface area (TPSA) is 54.0 Å². The Kier molecular flexibility index (Phi) is 5.90. The van der Waals surface area contributed by atoms with E-state index in [0.717, 1.165) is 41.1 Å². The first-order chi connectivity index (χ1) is 19.4. The first kappa shape index (κ1) is 25.5. The third-order valence-corrected chi connectivity index (χ3v) is 10.7. The quantitative estimate of drug-likeness (QED) is 0.294. The van der Waals surface area contributed by atoms with Crippen molar-refractivity contribution in [1.82, 2.24) is 4.90 Å². The second-order valence-electron chi connectivity index (χ2n) is 12.6. The van der Waals surface area contributed by atoms with E-state index in [1.807, 2.05) is 38.4 Å². The standard InChI is InChI=1S/C34H39N3O3/c1-36(2)15-16-40-29-13-14-31(30(19-29)32(38)39-4)35-26-7-11-28(12-8-26)37(3)27-9-5-22(6-10-27)33-20-24-17-23-18-25(21-33)34(23,24)33/h5-14,19,23-25,35H,15-18,20-21H2,1-4H3. The molecule has 4 aliphatic carbocycles. The van der Waals surface area contributed by atoms with E-state index < -0.39 is 5.97 Å². The lowest BCUT2D eigenvalue weighted by Crippen LogP contribution is -2.87. The molecule has 2 atom stereocenters. The van der Waals surface area contributed by atoms with Gasteiger partial charge in [-0.15, -0.1) is 0 Å². The van der Waals surface area contributed by atoms with Crippen LogP contribution in [-0.2, 0) is 10.2 Å². The summed E-state index contributed by atoms with van der Waals surface area (Å²) in [4.78, 5) is 16.8. The molecular weight excluding hydrogens is 498 g/mol. The molecule has 3 aromatic rings. The number of carbonyl (C=O) groups excluding carboxylic acids is 1. The van der Waals surface area contributed by atoms with Crippen molar-refractivity contribution in [3.63, 3.8) is 0 Å². The Balaban J connectivity index is 1.03. The van der Waals surface area contributed by atoms with Crippen molar-refractivity contribution in [3.8, 4) is 5.75 Å². The Labute approximate surface area is 237 Å². The van der Waals surface area contributed by atoms with E-state index in [2.05, 4.69) is 58.6 Å². The molecule has 0 aromatic heterocycles. The number of esters is 1. The molecule has 40 heavy (non-hydrogen) atoms. The molecule has 0 saturated heterocycles. The number of rotatable bonds is 10. The van der Waals surface area contributed by atoms with E-state index in [9.17, 15) is 4.79 Å². The molecule has 4 saturated carbocycles. The highest BCUT2D eigenvalue weighted by molar-refractivity contribution is 5.97. The first-order valence-corrected chi connectivity index (χ1v) is 14.6. The summed E-state index contributed by atoms with van der Waals surface area (Å²) < 4.78 is 10.9. The number of nitrogens with one attached hydrogen (secondary N) is 1. The van der Waals surface area contributed by atoms with Crippen LogP contribution < -0.4 is 15.0 Å². The molecule has 3 aromatic carbocycles. The van der Waals surface area contributed by atoms with Gasteiger partial charge in [-0.05, 0) is 123 Å².